The molecule has 0 radical (unpaired) electrons. The van der Waals surface area contributed by atoms with Crippen molar-refractivity contribution in [2.45, 2.75) is 38.8 Å². The van der Waals surface area contributed by atoms with E-state index in [1.807, 2.05) is 0 Å². The molecule has 1 rings (SSSR count). The Morgan fingerprint density at radius 2 is 1.85 bits per heavy atom. The predicted octanol–water partition coefficient (Wildman–Crippen LogP) is 2.28. The molecular weight excluding hydrogens is 282 g/mol. The number of benzene rings is 1. The molecular formula is C14H22ClNO4. The van der Waals surface area contributed by atoms with Crippen molar-refractivity contribution in [2.75, 3.05) is 6.61 Å². The fourth-order valence-corrected chi connectivity index (χ4v) is 1.43. The summed E-state index contributed by atoms with van der Waals surface area (Å²) in [6.45, 7) is 5.26. The van der Waals surface area contributed by atoms with Crippen molar-refractivity contribution >= 4 is 18.6 Å². The molecule has 5 nitrogen and oxygen atoms in total. The Kier molecular flexibility index (Phi) is 7.57. The first kappa shape index (κ1) is 18.7. The molecule has 0 aromatic heterocycles. The van der Waals surface area contributed by atoms with Gasteiger partial charge >= 0.3 is 6.16 Å². The Labute approximate surface area is 125 Å². The van der Waals surface area contributed by atoms with Crippen molar-refractivity contribution in [3.05, 3.63) is 29.8 Å². The molecule has 0 spiro atoms. The number of aliphatic hydroxyl groups excluding tert-OH is 1. The predicted molar refractivity (Wildman–Crippen MR) is 79.3 cm³/mol. The van der Waals surface area contributed by atoms with E-state index in [9.17, 15) is 4.79 Å². The van der Waals surface area contributed by atoms with Gasteiger partial charge in [0, 0.05) is 6.04 Å². The lowest BCUT2D eigenvalue weighted by molar-refractivity contribution is 0.0206. The Morgan fingerprint density at radius 3 is 2.30 bits per heavy atom. The number of carbonyl (C=O) groups is 1. The van der Waals surface area contributed by atoms with Gasteiger partial charge in [-0.25, -0.2) is 4.79 Å². The molecule has 0 heterocycles. The largest absolute Gasteiger partial charge is 0.514 e. The first-order valence-corrected chi connectivity index (χ1v) is 6.16. The van der Waals surface area contributed by atoms with Crippen molar-refractivity contribution in [1.82, 2.24) is 0 Å². The fourth-order valence-electron chi connectivity index (χ4n) is 1.43. The van der Waals surface area contributed by atoms with Crippen LogP contribution in [0.1, 0.15) is 26.3 Å². The van der Waals surface area contributed by atoms with E-state index in [0.717, 1.165) is 5.56 Å². The molecule has 0 aliphatic carbocycles. The van der Waals surface area contributed by atoms with Gasteiger partial charge in [0.1, 0.15) is 11.4 Å². The van der Waals surface area contributed by atoms with Crippen LogP contribution in [0.4, 0.5) is 4.79 Å². The smallest absolute Gasteiger partial charge is 0.428 e. The Balaban J connectivity index is 0.00000361. The van der Waals surface area contributed by atoms with Crippen molar-refractivity contribution in [1.29, 1.82) is 0 Å². The highest BCUT2D eigenvalue weighted by Crippen LogP contribution is 2.16. The molecule has 3 N–H and O–H groups in total. The number of nitrogens with two attached hydrogens (primary N) is 1. The van der Waals surface area contributed by atoms with Crippen molar-refractivity contribution < 1.29 is 19.4 Å². The van der Waals surface area contributed by atoms with Gasteiger partial charge in [0.2, 0.25) is 0 Å². The second-order valence-corrected chi connectivity index (χ2v) is 5.36. The van der Waals surface area contributed by atoms with Crippen LogP contribution in [0.2, 0.25) is 0 Å². The third kappa shape index (κ3) is 7.33. The Bertz CT molecular complexity index is 414. The maximum absolute atomic E-state index is 11.4. The van der Waals surface area contributed by atoms with Gasteiger partial charge in [-0.05, 0) is 44.9 Å². The monoisotopic (exact) mass is 303 g/mol. The number of hydrogen-bond donors (Lipinski definition) is 2. The maximum atomic E-state index is 11.4. The molecule has 1 aromatic carbocycles. The molecule has 0 saturated heterocycles. The van der Waals surface area contributed by atoms with Gasteiger partial charge in [-0.3, -0.25) is 0 Å². The van der Waals surface area contributed by atoms with Gasteiger partial charge in [-0.15, -0.1) is 12.4 Å². The molecule has 0 fully saturated rings. The number of carbonyl (C=O) groups excluding carboxylic acids is 1. The summed E-state index contributed by atoms with van der Waals surface area (Å²) < 4.78 is 10.1. The number of aliphatic hydroxyl groups is 1. The lowest BCUT2D eigenvalue weighted by Gasteiger charge is -2.18. The van der Waals surface area contributed by atoms with Crippen LogP contribution >= 0.6 is 12.4 Å². The number of ether oxygens (including phenoxy) is 2. The highest BCUT2D eigenvalue weighted by atomic mass is 35.5. The molecule has 20 heavy (non-hydrogen) atoms. The molecule has 6 heteroatoms. The SMILES string of the molecule is CC(C)(C)OC(=O)Oc1ccc(CC(N)CO)cc1.Cl. The molecule has 0 bridgehead atoms. The molecule has 114 valence electrons. The van der Waals surface area contributed by atoms with E-state index >= 15 is 0 Å². The van der Waals surface area contributed by atoms with Crippen molar-refractivity contribution in [3.8, 4) is 5.75 Å². The Hall–Kier alpha value is -1.30. The van der Waals surface area contributed by atoms with Gasteiger partial charge < -0.3 is 20.3 Å². The quantitative estimate of drug-likeness (QED) is 0.659. The van der Waals surface area contributed by atoms with E-state index in [1.54, 1.807) is 45.0 Å². The van der Waals surface area contributed by atoms with Gasteiger partial charge in [0.25, 0.3) is 0 Å². The normalized spacial score (nSPS) is 12.2. The van der Waals surface area contributed by atoms with E-state index in [4.69, 9.17) is 20.3 Å². The molecule has 1 atom stereocenters. The van der Waals surface area contributed by atoms with Crippen LogP contribution in [0, 0.1) is 0 Å². The van der Waals surface area contributed by atoms with Crippen LogP contribution < -0.4 is 10.5 Å². The molecule has 0 amide bonds. The third-order valence-corrected chi connectivity index (χ3v) is 2.25. The van der Waals surface area contributed by atoms with Gasteiger partial charge in [0.15, 0.2) is 0 Å². The summed E-state index contributed by atoms with van der Waals surface area (Å²) in [6.07, 6.45) is -0.157. The minimum atomic E-state index is -0.729. The van der Waals surface area contributed by atoms with Crippen LogP contribution in [0.5, 0.6) is 5.75 Å². The highest BCUT2D eigenvalue weighted by molar-refractivity contribution is 5.85. The van der Waals surface area contributed by atoms with E-state index in [0.29, 0.717) is 12.2 Å². The minimum Gasteiger partial charge on any atom is -0.428 e. The first-order chi connectivity index (χ1) is 8.80. The van der Waals surface area contributed by atoms with Crippen LogP contribution in [0.15, 0.2) is 24.3 Å². The summed E-state index contributed by atoms with van der Waals surface area (Å²) in [6, 6.07) is 6.66. The zero-order valence-electron chi connectivity index (χ0n) is 12.0. The molecule has 1 unspecified atom stereocenters. The second-order valence-electron chi connectivity index (χ2n) is 5.36. The molecule has 0 saturated carbocycles. The van der Waals surface area contributed by atoms with E-state index in [-0.39, 0.29) is 25.1 Å². The maximum Gasteiger partial charge on any atom is 0.514 e. The minimum absolute atomic E-state index is 0. The zero-order valence-corrected chi connectivity index (χ0v) is 12.8. The van der Waals surface area contributed by atoms with Crippen LogP contribution in [0.25, 0.3) is 0 Å². The zero-order chi connectivity index (χ0) is 14.5. The highest BCUT2D eigenvalue weighted by Gasteiger charge is 2.17. The van der Waals surface area contributed by atoms with Gasteiger partial charge in [-0.1, -0.05) is 12.1 Å². The first-order valence-electron chi connectivity index (χ1n) is 6.16. The second kappa shape index (κ2) is 8.09. The lowest BCUT2D eigenvalue weighted by atomic mass is 10.1. The van der Waals surface area contributed by atoms with Crippen LogP contribution in [0.3, 0.4) is 0 Å². The van der Waals surface area contributed by atoms with Crippen LogP contribution in [-0.2, 0) is 11.2 Å². The summed E-state index contributed by atoms with van der Waals surface area (Å²) in [4.78, 5) is 11.4. The summed E-state index contributed by atoms with van der Waals surface area (Å²) in [7, 11) is 0. The average Bonchev–Trinajstić information content (AvgIpc) is 2.29. The summed E-state index contributed by atoms with van der Waals surface area (Å²) in [5.74, 6) is 0.413. The topological polar surface area (TPSA) is 81.8 Å². The van der Waals surface area contributed by atoms with Crippen molar-refractivity contribution in [2.24, 2.45) is 5.73 Å². The number of halogens is 1. The fraction of sp³-hybridized carbons (Fsp3) is 0.500. The average molecular weight is 304 g/mol. The summed E-state index contributed by atoms with van der Waals surface area (Å²) >= 11 is 0. The molecule has 0 aliphatic heterocycles. The number of hydrogen-bond acceptors (Lipinski definition) is 5. The van der Waals surface area contributed by atoms with Crippen LogP contribution in [-0.4, -0.2) is 29.5 Å². The van der Waals surface area contributed by atoms with Crippen molar-refractivity contribution in [3.63, 3.8) is 0 Å². The summed E-state index contributed by atoms with van der Waals surface area (Å²) in [5, 5.41) is 8.87. The van der Waals surface area contributed by atoms with E-state index < -0.39 is 11.8 Å². The number of rotatable bonds is 4. The molecule has 1 aromatic rings. The van der Waals surface area contributed by atoms with E-state index in [1.165, 1.54) is 0 Å². The van der Waals surface area contributed by atoms with E-state index in [2.05, 4.69) is 0 Å². The third-order valence-electron chi connectivity index (χ3n) is 2.25. The lowest BCUT2D eigenvalue weighted by Crippen LogP contribution is -2.27. The van der Waals surface area contributed by atoms with Gasteiger partial charge in [0.05, 0.1) is 6.61 Å². The molecule has 0 aliphatic rings. The standard InChI is InChI=1S/C14H21NO4.ClH/c1-14(2,3)19-13(17)18-12-6-4-10(5-7-12)8-11(15)9-16;/h4-7,11,16H,8-9,15H2,1-3H3;1H. The summed E-state index contributed by atoms with van der Waals surface area (Å²) in [5.41, 5.74) is 6.03. The Morgan fingerprint density at radius 1 is 1.30 bits per heavy atom. The van der Waals surface area contributed by atoms with Gasteiger partial charge in [-0.2, -0.15) is 0 Å².